The van der Waals surface area contributed by atoms with Gasteiger partial charge in [0.2, 0.25) is 0 Å². The maximum Gasteiger partial charge on any atom is 0.407 e. The molecule has 0 amide bonds. The number of alkyl halides is 3. The highest BCUT2D eigenvalue weighted by Gasteiger charge is 2.37. The smallest absolute Gasteiger partial charge is 0.407 e. The minimum Gasteiger partial charge on any atom is -0.507 e. The van der Waals surface area contributed by atoms with E-state index in [4.69, 9.17) is 10.8 Å². The summed E-state index contributed by atoms with van der Waals surface area (Å²) in [6.45, 7) is 0. The van der Waals surface area contributed by atoms with Gasteiger partial charge in [-0.2, -0.15) is 13.2 Å². The summed E-state index contributed by atoms with van der Waals surface area (Å²) in [5.41, 5.74) is 4.87. The fourth-order valence-corrected chi connectivity index (χ4v) is 1.30. The molecule has 0 aliphatic rings. The number of halogens is 4. The van der Waals surface area contributed by atoms with Crippen LogP contribution in [-0.2, 0) is 0 Å². The summed E-state index contributed by atoms with van der Waals surface area (Å²) in [7, 11) is 0. The zero-order valence-electron chi connectivity index (χ0n) is 6.85. The van der Waals surface area contributed by atoms with E-state index in [9.17, 15) is 13.2 Å². The summed E-state index contributed by atoms with van der Waals surface area (Å²) in [5, 5.41) is 9.06. The molecule has 0 saturated carbocycles. The standard InChI is InChI=1S/C8H7BrF3NO/c9-5-3-4(1-2-6(5)14)7(13)8(10,11)12/h1-3,7,14H,13H2/t7-/m1/s1. The van der Waals surface area contributed by atoms with Gasteiger partial charge in [-0.05, 0) is 33.6 Å². The summed E-state index contributed by atoms with van der Waals surface area (Å²) in [6.07, 6.45) is -4.48. The largest absolute Gasteiger partial charge is 0.507 e. The molecule has 0 heterocycles. The quantitative estimate of drug-likeness (QED) is 0.824. The van der Waals surface area contributed by atoms with Crippen molar-refractivity contribution in [2.45, 2.75) is 12.2 Å². The molecule has 0 aromatic heterocycles. The van der Waals surface area contributed by atoms with Gasteiger partial charge in [-0.3, -0.25) is 0 Å². The van der Waals surface area contributed by atoms with Crippen molar-refractivity contribution in [3.8, 4) is 5.75 Å². The van der Waals surface area contributed by atoms with Crippen molar-refractivity contribution in [3.63, 3.8) is 0 Å². The van der Waals surface area contributed by atoms with E-state index >= 15 is 0 Å². The normalized spacial score (nSPS) is 14.1. The lowest BCUT2D eigenvalue weighted by Gasteiger charge is -2.16. The van der Waals surface area contributed by atoms with Crippen LogP contribution in [0.25, 0.3) is 0 Å². The van der Waals surface area contributed by atoms with Gasteiger partial charge >= 0.3 is 6.18 Å². The topological polar surface area (TPSA) is 46.2 Å². The SMILES string of the molecule is N[C@H](c1ccc(O)c(Br)c1)C(F)(F)F. The Kier molecular flexibility index (Phi) is 3.06. The molecule has 0 unspecified atom stereocenters. The lowest BCUT2D eigenvalue weighted by Crippen LogP contribution is -2.28. The molecular formula is C8H7BrF3NO. The van der Waals surface area contributed by atoms with E-state index in [1.165, 1.54) is 0 Å². The van der Waals surface area contributed by atoms with E-state index in [0.717, 1.165) is 18.2 Å². The first kappa shape index (κ1) is 11.3. The molecule has 6 heteroatoms. The van der Waals surface area contributed by atoms with Crippen molar-refractivity contribution in [1.82, 2.24) is 0 Å². The van der Waals surface area contributed by atoms with Crippen LogP contribution in [-0.4, -0.2) is 11.3 Å². The van der Waals surface area contributed by atoms with Gasteiger partial charge < -0.3 is 10.8 Å². The Morgan fingerprint density at radius 2 is 1.93 bits per heavy atom. The molecule has 0 fully saturated rings. The van der Waals surface area contributed by atoms with Crippen LogP contribution in [0.15, 0.2) is 22.7 Å². The molecule has 0 saturated heterocycles. The average Bonchev–Trinajstić information content (AvgIpc) is 2.07. The minimum absolute atomic E-state index is 0.0952. The van der Waals surface area contributed by atoms with E-state index in [2.05, 4.69) is 15.9 Å². The molecule has 0 spiro atoms. The molecule has 0 radical (unpaired) electrons. The van der Waals surface area contributed by atoms with Crippen LogP contribution >= 0.6 is 15.9 Å². The lowest BCUT2D eigenvalue weighted by atomic mass is 10.1. The van der Waals surface area contributed by atoms with Gasteiger partial charge in [0, 0.05) is 0 Å². The number of rotatable bonds is 1. The van der Waals surface area contributed by atoms with Crippen LogP contribution in [0, 0.1) is 0 Å². The van der Waals surface area contributed by atoms with Gasteiger partial charge in [0.1, 0.15) is 11.8 Å². The third-order valence-corrected chi connectivity index (χ3v) is 2.32. The average molecular weight is 270 g/mol. The first-order chi connectivity index (χ1) is 6.32. The van der Waals surface area contributed by atoms with Crippen LogP contribution in [0.3, 0.4) is 0 Å². The number of hydrogen-bond acceptors (Lipinski definition) is 2. The third-order valence-electron chi connectivity index (χ3n) is 1.68. The monoisotopic (exact) mass is 269 g/mol. The summed E-state index contributed by atoms with van der Waals surface area (Å²) in [5.74, 6) is -0.122. The Morgan fingerprint density at radius 1 is 1.36 bits per heavy atom. The van der Waals surface area contributed by atoms with E-state index in [-0.39, 0.29) is 15.8 Å². The molecule has 0 aliphatic heterocycles. The number of phenolic OH excluding ortho intramolecular Hbond substituents is 1. The number of aromatic hydroxyl groups is 1. The fourth-order valence-electron chi connectivity index (χ4n) is 0.906. The maximum atomic E-state index is 12.2. The van der Waals surface area contributed by atoms with Crippen LogP contribution in [0.1, 0.15) is 11.6 Å². The van der Waals surface area contributed by atoms with E-state index in [1.807, 2.05) is 0 Å². The molecule has 14 heavy (non-hydrogen) atoms. The molecule has 0 bridgehead atoms. The minimum atomic E-state index is -4.48. The van der Waals surface area contributed by atoms with Crippen molar-refractivity contribution in [3.05, 3.63) is 28.2 Å². The Morgan fingerprint density at radius 3 is 2.36 bits per heavy atom. The summed E-state index contributed by atoms with van der Waals surface area (Å²) in [6, 6.07) is 1.41. The molecular weight excluding hydrogens is 263 g/mol. The second-order valence-electron chi connectivity index (χ2n) is 2.73. The zero-order chi connectivity index (χ0) is 10.9. The summed E-state index contributed by atoms with van der Waals surface area (Å²) >= 11 is 2.91. The van der Waals surface area contributed by atoms with E-state index < -0.39 is 12.2 Å². The van der Waals surface area contributed by atoms with Crippen molar-refractivity contribution in [2.24, 2.45) is 5.73 Å². The molecule has 3 N–H and O–H groups in total. The molecule has 2 nitrogen and oxygen atoms in total. The maximum absolute atomic E-state index is 12.2. The molecule has 1 rings (SSSR count). The van der Waals surface area contributed by atoms with Crippen molar-refractivity contribution < 1.29 is 18.3 Å². The first-order valence-corrected chi connectivity index (χ1v) is 4.42. The molecule has 1 aromatic carbocycles. The van der Waals surface area contributed by atoms with Crippen LogP contribution in [0.5, 0.6) is 5.75 Å². The van der Waals surface area contributed by atoms with E-state index in [1.54, 1.807) is 0 Å². The third kappa shape index (κ3) is 2.39. The molecule has 0 aliphatic carbocycles. The number of nitrogens with two attached hydrogens (primary N) is 1. The van der Waals surface area contributed by atoms with Crippen molar-refractivity contribution in [2.75, 3.05) is 0 Å². The number of hydrogen-bond donors (Lipinski definition) is 2. The number of benzene rings is 1. The Bertz CT molecular complexity index is 340. The molecule has 1 atom stereocenters. The molecule has 1 aromatic rings. The van der Waals surface area contributed by atoms with Crippen LogP contribution < -0.4 is 5.73 Å². The van der Waals surface area contributed by atoms with Gasteiger partial charge in [0.15, 0.2) is 0 Å². The second kappa shape index (κ2) is 3.78. The Labute approximate surface area is 86.7 Å². The molecule has 78 valence electrons. The van der Waals surface area contributed by atoms with Gasteiger partial charge in [-0.1, -0.05) is 6.07 Å². The van der Waals surface area contributed by atoms with Crippen molar-refractivity contribution >= 4 is 15.9 Å². The highest BCUT2D eigenvalue weighted by atomic mass is 79.9. The van der Waals surface area contributed by atoms with Crippen LogP contribution in [0.2, 0.25) is 0 Å². The highest BCUT2D eigenvalue weighted by Crippen LogP contribution is 2.33. The number of phenols is 1. The summed E-state index contributed by atoms with van der Waals surface area (Å²) < 4.78 is 36.7. The van der Waals surface area contributed by atoms with Crippen LogP contribution in [0.4, 0.5) is 13.2 Å². The zero-order valence-corrected chi connectivity index (χ0v) is 8.43. The van der Waals surface area contributed by atoms with E-state index in [0.29, 0.717) is 0 Å². The van der Waals surface area contributed by atoms with Gasteiger partial charge in [-0.15, -0.1) is 0 Å². The van der Waals surface area contributed by atoms with Gasteiger partial charge in [0.25, 0.3) is 0 Å². The highest BCUT2D eigenvalue weighted by molar-refractivity contribution is 9.10. The van der Waals surface area contributed by atoms with Gasteiger partial charge in [-0.25, -0.2) is 0 Å². The Balaban J connectivity index is 3.03. The fraction of sp³-hybridized carbons (Fsp3) is 0.250. The predicted molar refractivity (Wildman–Crippen MR) is 48.8 cm³/mol. The summed E-state index contributed by atoms with van der Waals surface area (Å²) in [4.78, 5) is 0. The Hall–Kier alpha value is -0.750. The van der Waals surface area contributed by atoms with Crippen molar-refractivity contribution in [1.29, 1.82) is 0 Å². The second-order valence-corrected chi connectivity index (χ2v) is 3.58. The predicted octanol–water partition coefficient (Wildman–Crippen LogP) is 2.72. The lowest BCUT2D eigenvalue weighted by molar-refractivity contribution is -0.149. The first-order valence-electron chi connectivity index (χ1n) is 3.63. The van der Waals surface area contributed by atoms with Gasteiger partial charge in [0.05, 0.1) is 4.47 Å².